The molecule has 1 amide bonds. The summed E-state index contributed by atoms with van der Waals surface area (Å²) in [5.41, 5.74) is 6.38. The predicted octanol–water partition coefficient (Wildman–Crippen LogP) is 1.16. The molecule has 1 saturated heterocycles. The average Bonchev–Trinajstić information content (AvgIpc) is 2.83. The zero-order valence-corrected chi connectivity index (χ0v) is 10.5. The molecule has 3 rings (SSSR count). The maximum absolute atomic E-state index is 13.2. The van der Waals surface area contributed by atoms with Crippen molar-refractivity contribution in [3.8, 4) is 0 Å². The lowest BCUT2D eigenvalue weighted by molar-refractivity contribution is -0.185. The summed E-state index contributed by atoms with van der Waals surface area (Å²) in [6, 6.07) is 1.28. The number of aromatic nitrogens is 1. The van der Waals surface area contributed by atoms with Gasteiger partial charge in [-0.1, -0.05) is 0 Å². The molecule has 2 N–H and O–H groups in total. The first-order valence-corrected chi connectivity index (χ1v) is 6.47. The second-order valence-electron chi connectivity index (χ2n) is 5.17. The van der Waals surface area contributed by atoms with E-state index < -0.39 is 5.82 Å². The molecule has 1 atom stereocenters. The fraction of sp³-hybridized carbons (Fsp3) is 0.538. The summed E-state index contributed by atoms with van der Waals surface area (Å²) < 4.78 is 13.2. The summed E-state index contributed by atoms with van der Waals surface area (Å²) in [7, 11) is 0. The first kappa shape index (κ1) is 12.5. The number of pyridine rings is 1. The molecule has 1 aromatic rings. The number of hydrogen-bond acceptors (Lipinski definition) is 4. The first-order valence-electron chi connectivity index (χ1n) is 6.47. The fourth-order valence-electron chi connectivity index (χ4n) is 2.64. The normalized spacial score (nSPS) is 30.2. The highest BCUT2D eigenvalue weighted by Crippen LogP contribution is 2.35. The van der Waals surface area contributed by atoms with Crippen LogP contribution in [-0.2, 0) is 9.63 Å². The summed E-state index contributed by atoms with van der Waals surface area (Å²) in [4.78, 5) is 21.5. The fourth-order valence-corrected chi connectivity index (χ4v) is 2.64. The predicted molar refractivity (Wildman–Crippen MR) is 65.1 cm³/mol. The van der Waals surface area contributed by atoms with Crippen LogP contribution in [0.25, 0.3) is 0 Å². The van der Waals surface area contributed by atoms with E-state index in [1.807, 2.05) is 0 Å². The van der Waals surface area contributed by atoms with Gasteiger partial charge >= 0.3 is 0 Å². The quantitative estimate of drug-likeness (QED) is 0.871. The number of hydroxylamine groups is 2. The number of nitrogens with two attached hydrogens (primary N) is 1. The van der Waals surface area contributed by atoms with Crippen molar-refractivity contribution < 1.29 is 14.0 Å². The van der Waals surface area contributed by atoms with E-state index in [2.05, 4.69) is 4.98 Å². The maximum Gasteiger partial charge on any atom is 0.249 e. The Morgan fingerprint density at radius 2 is 2.26 bits per heavy atom. The molecule has 19 heavy (non-hydrogen) atoms. The topological polar surface area (TPSA) is 68.5 Å². The van der Waals surface area contributed by atoms with Crippen LogP contribution in [-0.4, -0.2) is 28.6 Å². The molecule has 2 heterocycles. The van der Waals surface area contributed by atoms with E-state index in [1.54, 1.807) is 6.20 Å². The van der Waals surface area contributed by atoms with Gasteiger partial charge in [-0.15, -0.1) is 0 Å². The Morgan fingerprint density at radius 3 is 2.95 bits per heavy atom. The zero-order chi connectivity index (χ0) is 13.4. The van der Waals surface area contributed by atoms with Gasteiger partial charge in [0.15, 0.2) is 0 Å². The molecule has 5 nitrogen and oxygen atoms in total. The van der Waals surface area contributed by atoms with Gasteiger partial charge in [0.05, 0.1) is 18.8 Å². The van der Waals surface area contributed by atoms with Crippen LogP contribution in [0, 0.1) is 11.7 Å². The van der Waals surface area contributed by atoms with Gasteiger partial charge in [0.25, 0.3) is 0 Å². The van der Waals surface area contributed by atoms with E-state index in [9.17, 15) is 9.18 Å². The monoisotopic (exact) mass is 265 g/mol. The molecule has 1 aliphatic carbocycles. The van der Waals surface area contributed by atoms with Gasteiger partial charge in [0, 0.05) is 24.6 Å². The van der Waals surface area contributed by atoms with Crippen molar-refractivity contribution in [2.75, 3.05) is 6.61 Å². The summed E-state index contributed by atoms with van der Waals surface area (Å²) in [5, 5.41) is 1.38. The third-order valence-corrected chi connectivity index (χ3v) is 3.76. The van der Waals surface area contributed by atoms with Gasteiger partial charge in [-0.3, -0.25) is 14.6 Å². The zero-order valence-electron chi connectivity index (χ0n) is 10.5. The molecule has 0 aromatic carbocycles. The van der Waals surface area contributed by atoms with Crippen LogP contribution < -0.4 is 5.73 Å². The first-order chi connectivity index (χ1) is 9.15. The van der Waals surface area contributed by atoms with Crippen molar-refractivity contribution in [3.63, 3.8) is 0 Å². The molecule has 0 unspecified atom stereocenters. The lowest BCUT2D eigenvalue weighted by Crippen LogP contribution is -2.46. The van der Waals surface area contributed by atoms with E-state index in [1.165, 1.54) is 11.1 Å². The van der Waals surface area contributed by atoms with Crippen molar-refractivity contribution in [2.24, 2.45) is 11.7 Å². The second-order valence-corrected chi connectivity index (χ2v) is 5.17. The minimum atomic E-state index is -0.400. The molecule has 0 spiro atoms. The van der Waals surface area contributed by atoms with Crippen molar-refractivity contribution in [2.45, 2.75) is 31.3 Å². The van der Waals surface area contributed by atoms with Crippen LogP contribution in [0.3, 0.4) is 0 Å². The molecule has 1 aliphatic heterocycles. The summed E-state index contributed by atoms with van der Waals surface area (Å²) >= 11 is 0. The van der Waals surface area contributed by atoms with Crippen molar-refractivity contribution in [1.29, 1.82) is 0 Å². The number of carbonyl (C=O) groups is 1. The number of carbonyl (C=O) groups excluding carboxylic acids is 1. The number of nitrogens with zero attached hydrogens (tertiary/aromatic N) is 2. The Hall–Kier alpha value is -1.53. The number of rotatable bonds is 2. The lowest BCUT2D eigenvalue weighted by atomic mass is 9.80. The molecule has 102 valence electrons. The highest BCUT2D eigenvalue weighted by atomic mass is 19.1. The highest BCUT2D eigenvalue weighted by Gasteiger charge is 2.40. The van der Waals surface area contributed by atoms with Crippen LogP contribution >= 0.6 is 0 Å². The summed E-state index contributed by atoms with van der Waals surface area (Å²) in [6.07, 6.45) is 4.79. The summed E-state index contributed by atoms with van der Waals surface area (Å²) in [6.45, 7) is 0.464. The SMILES string of the molecule is NC1CC(C(=O)N2OCC[C@H]2c2cncc(F)c2)C1. The average molecular weight is 265 g/mol. The van der Waals surface area contributed by atoms with Gasteiger partial charge in [0.2, 0.25) is 5.91 Å². The van der Waals surface area contributed by atoms with Crippen LogP contribution in [0.1, 0.15) is 30.9 Å². The van der Waals surface area contributed by atoms with Gasteiger partial charge in [-0.05, 0) is 24.5 Å². The molecular weight excluding hydrogens is 249 g/mol. The van der Waals surface area contributed by atoms with Crippen molar-refractivity contribution >= 4 is 5.91 Å². The maximum atomic E-state index is 13.2. The largest absolute Gasteiger partial charge is 0.328 e. The standard InChI is InChI=1S/C13H16FN3O2/c14-10-3-9(6-16-7-10)12-1-2-19-17(12)13(18)8-4-11(15)5-8/h3,6-8,11-12H,1-2,4-5,15H2/t8?,11?,12-/m0/s1. The Bertz CT molecular complexity index is 491. The van der Waals surface area contributed by atoms with Gasteiger partial charge in [-0.25, -0.2) is 9.45 Å². The minimum Gasteiger partial charge on any atom is -0.328 e. The third-order valence-electron chi connectivity index (χ3n) is 3.76. The number of hydrogen-bond donors (Lipinski definition) is 1. The van der Waals surface area contributed by atoms with Gasteiger partial charge in [-0.2, -0.15) is 0 Å². The van der Waals surface area contributed by atoms with Crippen LogP contribution in [0.5, 0.6) is 0 Å². The Balaban J connectivity index is 1.76. The van der Waals surface area contributed by atoms with E-state index in [-0.39, 0.29) is 23.9 Å². The molecule has 0 bridgehead atoms. The third kappa shape index (κ3) is 2.33. The Labute approximate surface area is 110 Å². The molecule has 0 radical (unpaired) electrons. The Kier molecular flexibility index (Phi) is 3.20. The highest BCUT2D eigenvalue weighted by molar-refractivity contribution is 5.79. The molecular formula is C13H16FN3O2. The van der Waals surface area contributed by atoms with Crippen LogP contribution in [0.15, 0.2) is 18.5 Å². The molecule has 6 heteroatoms. The molecule has 1 aromatic heterocycles. The van der Waals surface area contributed by atoms with Gasteiger partial charge < -0.3 is 5.73 Å². The van der Waals surface area contributed by atoms with Crippen LogP contribution in [0.2, 0.25) is 0 Å². The van der Waals surface area contributed by atoms with E-state index in [0.29, 0.717) is 31.4 Å². The lowest BCUT2D eigenvalue weighted by Gasteiger charge is -2.35. The Morgan fingerprint density at radius 1 is 1.47 bits per heavy atom. The van der Waals surface area contributed by atoms with Crippen molar-refractivity contribution in [1.82, 2.24) is 10.0 Å². The number of amides is 1. The molecule has 1 saturated carbocycles. The van der Waals surface area contributed by atoms with E-state index in [0.717, 1.165) is 6.20 Å². The molecule has 2 fully saturated rings. The van der Waals surface area contributed by atoms with E-state index in [4.69, 9.17) is 10.6 Å². The minimum absolute atomic E-state index is 0.0477. The summed E-state index contributed by atoms with van der Waals surface area (Å²) in [5.74, 6) is -0.506. The van der Waals surface area contributed by atoms with Crippen molar-refractivity contribution in [3.05, 3.63) is 29.8 Å². The molecule has 2 aliphatic rings. The van der Waals surface area contributed by atoms with Gasteiger partial charge in [0.1, 0.15) is 5.82 Å². The second kappa shape index (κ2) is 4.86. The van der Waals surface area contributed by atoms with E-state index >= 15 is 0 Å². The smallest absolute Gasteiger partial charge is 0.249 e. The number of halogens is 1. The van der Waals surface area contributed by atoms with Crippen LogP contribution in [0.4, 0.5) is 4.39 Å².